The third kappa shape index (κ3) is 3.01. The van der Waals surface area contributed by atoms with Crippen molar-refractivity contribution in [2.45, 2.75) is 32.3 Å². The van der Waals surface area contributed by atoms with Gasteiger partial charge in [-0.15, -0.1) is 0 Å². The van der Waals surface area contributed by atoms with E-state index in [0.29, 0.717) is 12.0 Å². The molecule has 3 rings (SSSR count). The van der Waals surface area contributed by atoms with Crippen LogP contribution in [0.1, 0.15) is 31.2 Å². The highest BCUT2D eigenvalue weighted by atomic mass is 32.2. The SMILES string of the molecule is COCc1ccccc1NC1=NCC2(CCCC2)CS1. The molecule has 1 fully saturated rings. The van der Waals surface area contributed by atoms with Crippen LogP contribution >= 0.6 is 11.8 Å². The lowest BCUT2D eigenvalue weighted by molar-refractivity contribution is 0.185. The number of hydrogen-bond acceptors (Lipinski definition) is 4. The lowest BCUT2D eigenvalue weighted by Crippen LogP contribution is -2.30. The summed E-state index contributed by atoms with van der Waals surface area (Å²) in [5, 5.41) is 4.53. The van der Waals surface area contributed by atoms with Gasteiger partial charge in [-0.05, 0) is 24.3 Å². The Morgan fingerprint density at radius 2 is 2.10 bits per heavy atom. The van der Waals surface area contributed by atoms with Crippen molar-refractivity contribution in [3.63, 3.8) is 0 Å². The highest BCUT2D eigenvalue weighted by molar-refractivity contribution is 8.14. The number of para-hydroxylation sites is 1. The maximum Gasteiger partial charge on any atom is 0.161 e. The Morgan fingerprint density at radius 3 is 2.80 bits per heavy atom. The van der Waals surface area contributed by atoms with Gasteiger partial charge in [0.2, 0.25) is 0 Å². The summed E-state index contributed by atoms with van der Waals surface area (Å²) in [6, 6.07) is 8.28. The Hall–Kier alpha value is -1.000. The minimum absolute atomic E-state index is 0.502. The first-order valence-electron chi connectivity index (χ1n) is 7.32. The number of nitrogens with zero attached hydrogens (tertiary/aromatic N) is 1. The van der Waals surface area contributed by atoms with Crippen LogP contribution in [0.2, 0.25) is 0 Å². The van der Waals surface area contributed by atoms with Crippen molar-refractivity contribution in [2.24, 2.45) is 10.4 Å². The maximum atomic E-state index is 5.25. The third-order valence-electron chi connectivity index (χ3n) is 4.30. The van der Waals surface area contributed by atoms with Crippen molar-refractivity contribution in [3.05, 3.63) is 29.8 Å². The molecule has 0 aromatic heterocycles. The van der Waals surface area contributed by atoms with Gasteiger partial charge in [-0.25, -0.2) is 0 Å². The normalized spacial score (nSPS) is 20.9. The second kappa shape index (κ2) is 6.19. The van der Waals surface area contributed by atoms with E-state index in [4.69, 9.17) is 9.73 Å². The van der Waals surface area contributed by atoms with E-state index >= 15 is 0 Å². The zero-order valence-corrected chi connectivity index (χ0v) is 12.8. The number of hydrogen-bond donors (Lipinski definition) is 1. The van der Waals surface area contributed by atoms with Gasteiger partial charge in [-0.2, -0.15) is 0 Å². The highest BCUT2D eigenvalue weighted by Gasteiger charge is 2.36. The van der Waals surface area contributed by atoms with Crippen LogP contribution in [-0.4, -0.2) is 24.6 Å². The molecule has 1 aromatic rings. The molecule has 1 heterocycles. The van der Waals surface area contributed by atoms with Crippen LogP contribution in [0, 0.1) is 5.41 Å². The monoisotopic (exact) mass is 290 g/mol. The van der Waals surface area contributed by atoms with Crippen molar-refractivity contribution in [3.8, 4) is 0 Å². The quantitative estimate of drug-likeness (QED) is 0.916. The molecule has 3 nitrogen and oxygen atoms in total. The van der Waals surface area contributed by atoms with E-state index in [1.165, 1.54) is 37.0 Å². The molecule has 1 aromatic carbocycles. The Kier molecular flexibility index (Phi) is 4.32. The molecule has 1 saturated carbocycles. The molecule has 1 aliphatic carbocycles. The van der Waals surface area contributed by atoms with Gasteiger partial charge in [0, 0.05) is 30.7 Å². The van der Waals surface area contributed by atoms with E-state index in [9.17, 15) is 0 Å². The zero-order valence-electron chi connectivity index (χ0n) is 12.0. The van der Waals surface area contributed by atoms with E-state index in [0.717, 1.165) is 17.4 Å². The fourth-order valence-corrected chi connectivity index (χ4v) is 4.25. The number of amidine groups is 1. The molecule has 1 N–H and O–H groups in total. The molecule has 2 aliphatic rings. The van der Waals surface area contributed by atoms with Crippen LogP contribution in [-0.2, 0) is 11.3 Å². The summed E-state index contributed by atoms with van der Waals surface area (Å²) < 4.78 is 5.25. The van der Waals surface area contributed by atoms with E-state index in [1.54, 1.807) is 7.11 Å². The fourth-order valence-electron chi connectivity index (χ4n) is 3.09. The summed E-state index contributed by atoms with van der Waals surface area (Å²) in [6.07, 6.45) is 5.49. The Labute approximate surface area is 125 Å². The molecule has 0 radical (unpaired) electrons. The predicted octanol–water partition coefficient (Wildman–Crippen LogP) is 3.91. The van der Waals surface area contributed by atoms with Gasteiger partial charge >= 0.3 is 0 Å². The van der Waals surface area contributed by atoms with Gasteiger partial charge in [-0.3, -0.25) is 4.99 Å². The Balaban J connectivity index is 1.68. The first-order valence-corrected chi connectivity index (χ1v) is 8.31. The Bertz CT molecular complexity index is 495. The fraction of sp³-hybridized carbons (Fsp3) is 0.562. The minimum Gasteiger partial charge on any atom is -0.380 e. The molecule has 1 spiro atoms. The van der Waals surface area contributed by atoms with E-state index < -0.39 is 0 Å². The van der Waals surface area contributed by atoms with Crippen molar-refractivity contribution < 1.29 is 4.74 Å². The van der Waals surface area contributed by atoms with Crippen LogP contribution in [0.3, 0.4) is 0 Å². The summed E-state index contributed by atoms with van der Waals surface area (Å²) in [5.74, 6) is 1.21. The average Bonchev–Trinajstić information content (AvgIpc) is 2.92. The van der Waals surface area contributed by atoms with E-state index in [-0.39, 0.29) is 0 Å². The van der Waals surface area contributed by atoms with Crippen LogP contribution in [0.15, 0.2) is 29.3 Å². The third-order valence-corrected chi connectivity index (χ3v) is 5.56. The topological polar surface area (TPSA) is 33.6 Å². The van der Waals surface area contributed by atoms with Gasteiger partial charge in [0.05, 0.1) is 6.61 Å². The number of ether oxygens (including phenoxy) is 1. The molecule has 0 unspecified atom stereocenters. The second-order valence-corrected chi connectivity index (χ2v) is 6.80. The maximum absolute atomic E-state index is 5.25. The lowest BCUT2D eigenvalue weighted by Gasteiger charge is -2.31. The number of thioether (sulfide) groups is 1. The number of nitrogens with one attached hydrogen (secondary N) is 1. The standard InChI is InChI=1S/C16H22N2OS/c1-19-10-13-6-2-3-7-14(13)18-15-17-11-16(12-20-15)8-4-5-9-16/h2-3,6-7H,4-5,8-12H2,1H3,(H,17,18). The molecule has 0 saturated heterocycles. The van der Waals surface area contributed by atoms with Crippen molar-refractivity contribution in [1.29, 1.82) is 0 Å². The summed E-state index contributed by atoms with van der Waals surface area (Å²) in [7, 11) is 1.73. The number of methoxy groups -OCH3 is 1. The van der Waals surface area contributed by atoms with Gasteiger partial charge < -0.3 is 10.1 Å². The molecule has 108 valence electrons. The molecule has 1 aliphatic heterocycles. The van der Waals surface area contributed by atoms with Crippen molar-refractivity contribution in [2.75, 3.05) is 24.7 Å². The lowest BCUT2D eigenvalue weighted by atomic mass is 9.89. The average molecular weight is 290 g/mol. The van der Waals surface area contributed by atoms with Crippen LogP contribution in [0.4, 0.5) is 5.69 Å². The molecular formula is C16H22N2OS. The zero-order chi connectivity index (χ0) is 13.8. The molecule has 0 bridgehead atoms. The van der Waals surface area contributed by atoms with Crippen LogP contribution in [0.25, 0.3) is 0 Å². The summed E-state index contributed by atoms with van der Waals surface area (Å²) in [4.78, 5) is 4.79. The van der Waals surface area contributed by atoms with Gasteiger partial charge in [-0.1, -0.05) is 42.8 Å². The largest absolute Gasteiger partial charge is 0.380 e. The van der Waals surface area contributed by atoms with Gasteiger partial charge in [0.25, 0.3) is 0 Å². The number of rotatable bonds is 3. The van der Waals surface area contributed by atoms with Crippen molar-refractivity contribution in [1.82, 2.24) is 0 Å². The van der Waals surface area contributed by atoms with Gasteiger partial charge in [0.15, 0.2) is 5.17 Å². The summed E-state index contributed by atoms with van der Waals surface area (Å²) >= 11 is 1.88. The second-order valence-electron chi connectivity index (χ2n) is 5.83. The molecule has 4 heteroatoms. The number of aliphatic imine (C=N–C) groups is 1. The van der Waals surface area contributed by atoms with Gasteiger partial charge in [0.1, 0.15) is 0 Å². The smallest absolute Gasteiger partial charge is 0.161 e. The van der Waals surface area contributed by atoms with E-state index in [2.05, 4.69) is 17.4 Å². The van der Waals surface area contributed by atoms with Crippen LogP contribution < -0.4 is 5.32 Å². The van der Waals surface area contributed by atoms with Crippen molar-refractivity contribution >= 4 is 22.6 Å². The number of benzene rings is 1. The van der Waals surface area contributed by atoms with E-state index in [1.807, 2.05) is 23.9 Å². The Morgan fingerprint density at radius 1 is 1.30 bits per heavy atom. The molecule has 0 atom stereocenters. The summed E-state index contributed by atoms with van der Waals surface area (Å²) in [5.41, 5.74) is 2.80. The van der Waals surface area contributed by atoms with Crippen LogP contribution in [0.5, 0.6) is 0 Å². The highest BCUT2D eigenvalue weighted by Crippen LogP contribution is 2.43. The summed E-state index contributed by atoms with van der Waals surface area (Å²) in [6.45, 7) is 1.62. The number of anilines is 1. The minimum atomic E-state index is 0.502. The first kappa shape index (κ1) is 14.0. The molecule has 0 amide bonds. The molecular weight excluding hydrogens is 268 g/mol. The first-order chi connectivity index (χ1) is 9.81. The molecule has 20 heavy (non-hydrogen) atoms. The predicted molar refractivity (Wildman–Crippen MR) is 86.4 cm³/mol.